The number of benzene rings is 1. The van der Waals surface area contributed by atoms with Crippen molar-refractivity contribution >= 4 is 15.7 Å². The first-order valence-electron chi connectivity index (χ1n) is 7.01. The first-order chi connectivity index (χ1) is 9.57. The molecule has 0 unspecified atom stereocenters. The van der Waals surface area contributed by atoms with Crippen molar-refractivity contribution in [2.75, 3.05) is 31.6 Å². The highest BCUT2D eigenvalue weighted by Crippen LogP contribution is 2.24. The SMILES string of the molecule is CCCNc1ccccc1S(=O)(=O)N(CC)CCCO. The minimum absolute atomic E-state index is 0.0122. The first-order valence-corrected chi connectivity index (χ1v) is 8.45. The van der Waals surface area contributed by atoms with Gasteiger partial charge in [-0.25, -0.2) is 8.42 Å². The molecule has 1 rings (SSSR count). The van der Waals surface area contributed by atoms with Crippen LogP contribution in [-0.2, 0) is 10.0 Å². The van der Waals surface area contributed by atoms with Crippen molar-refractivity contribution in [3.63, 3.8) is 0 Å². The zero-order valence-corrected chi connectivity index (χ0v) is 13.0. The molecule has 0 atom stereocenters. The molecular formula is C14H24N2O3S. The molecule has 1 aromatic carbocycles. The van der Waals surface area contributed by atoms with E-state index in [1.54, 1.807) is 25.1 Å². The molecule has 20 heavy (non-hydrogen) atoms. The van der Waals surface area contributed by atoms with Crippen molar-refractivity contribution in [2.45, 2.75) is 31.6 Å². The Morgan fingerprint density at radius 3 is 2.55 bits per heavy atom. The summed E-state index contributed by atoms with van der Waals surface area (Å²) in [6.07, 6.45) is 1.37. The number of hydrogen-bond acceptors (Lipinski definition) is 4. The second kappa shape index (κ2) is 8.24. The molecule has 2 N–H and O–H groups in total. The fourth-order valence-electron chi connectivity index (χ4n) is 1.93. The smallest absolute Gasteiger partial charge is 0.245 e. The van der Waals surface area contributed by atoms with Crippen LogP contribution in [0.15, 0.2) is 29.2 Å². The van der Waals surface area contributed by atoms with Crippen LogP contribution in [-0.4, -0.2) is 44.1 Å². The molecular weight excluding hydrogens is 276 g/mol. The van der Waals surface area contributed by atoms with E-state index in [0.29, 0.717) is 30.1 Å². The second-order valence-electron chi connectivity index (χ2n) is 4.50. The van der Waals surface area contributed by atoms with Gasteiger partial charge in [-0.3, -0.25) is 0 Å². The predicted octanol–water partition coefficient (Wildman–Crippen LogP) is 1.90. The summed E-state index contributed by atoms with van der Waals surface area (Å²) in [4.78, 5) is 0.299. The van der Waals surface area contributed by atoms with Gasteiger partial charge in [0.25, 0.3) is 0 Å². The van der Waals surface area contributed by atoms with E-state index in [4.69, 9.17) is 5.11 Å². The van der Waals surface area contributed by atoms with Crippen LogP contribution in [0.1, 0.15) is 26.7 Å². The van der Waals surface area contributed by atoms with Gasteiger partial charge in [0.05, 0.1) is 5.69 Å². The summed E-state index contributed by atoms with van der Waals surface area (Å²) in [6.45, 7) is 5.28. The van der Waals surface area contributed by atoms with Crippen LogP contribution in [0.3, 0.4) is 0 Å². The maximum Gasteiger partial charge on any atom is 0.245 e. The van der Waals surface area contributed by atoms with Crippen molar-refractivity contribution < 1.29 is 13.5 Å². The molecule has 0 aliphatic rings. The Morgan fingerprint density at radius 2 is 1.95 bits per heavy atom. The Labute approximate surface area is 121 Å². The van der Waals surface area contributed by atoms with Gasteiger partial charge in [-0.05, 0) is 25.0 Å². The van der Waals surface area contributed by atoms with Crippen LogP contribution in [0.5, 0.6) is 0 Å². The van der Waals surface area contributed by atoms with Crippen molar-refractivity contribution in [2.24, 2.45) is 0 Å². The number of sulfonamides is 1. The minimum atomic E-state index is -3.52. The molecule has 5 nitrogen and oxygen atoms in total. The molecule has 0 aromatic heterocycles. The zero-order valence-electron chi connectivity index (χ0n) is 12.2. The second-order valence-corrected chi connectivity index (χ2v) is 6.40. The van der Waals surface area contributed by atoms with E-state index in [1.807, 2.05) is 13.0 Å². The summed E-state index contributed by atoms with van der Waals surface area (Å²) in [5, 5.41) is 12.0. The fraction of sp³-hybridized carbons (Fsp3) is 0.571. The molecule has 1 aromatic rings. The summed E-state index contributed by atoms with van der Waals surface area (Å²) < 4.78 is 26.7. The number of anilines is 1. The normalized spacial score (nSPS) is 11.8. The highest BCUT2D eigenvalue weighted by atomic mass is 32.2. The van der Waals surface area contributed by atoms with Gasteiger partial charge >= 0.3 is 0 Å². The number of hydrogen-bond donors (Lipinski definition) is 2. The zero-order chi connectivity index (χ0) is 15.0. The number of nitrogens with one attached hydrogen (secondary N) is 1. The van der Waals surface area contributed by atoms with E-state index >= 15 is 0 Å². The molecule has 0 aliphatic carbocycles. The molecule has 6 heteroatoms. The summed E-state index contributed by atoms with van der Waals surface area (Å²) in [6, 6.07) is 6.95. The van der Waals surface area contributed by atoms with Crippen molar-refractivity contribution in [3.8, 4) is 0 Å². The van der Waals surface area contributed by atoms with Gasteiger partial charge in [0.15, 0.2) is 0 Å². The van der Waals surface area contributed by atoms with Crippen LogP contribution in [0.4, 0.5) is 5.69 Å². The molecule has 0 amide bonds. The summed E-state index contributed by atoms with van der Waals surface area (Å²) in [7, 11) is -3.52. The minimum Gasteiger partial charge on any atom is -0.396 e. The van der Waals surface area contributed by atoms with Crippen LogP contribution < -0.4 is 5.32 Å². The van der Waals surface area contributed by atoms with Gasteiger partial charge in [0.1, 0.15) is 4.90 Å². The predicted molar refractivity (Wildman–Crippen MR) is 81.4 cm³/mol. The highest BCUT2D eigenvalue weighted by Gasteiger charge is 2.25. The Morgan fingerprint density at radius 1 is 1.25 bits per heavy atom. The summed E-state index contributed by atoms with van der Waals surface area (Å²) in [5.74, 6) is 0. The number of aliphatic hydroxyl groups excluding tert-OH is 1. The third-order valence-electron chi connectivity index (χ3n) is 2.99. The van der Waals surface area contributed by atoms with Gasteiger partial charge in [0.2, 0.25) is 10.0 Å². The lowest BCUT2D eigenvalue weighted by Crippen LogP contribution is -2.32. The third kappa shape index (κ3) is 4.19. The van der Waals surface area contributed by atoms with Crippen LogP contribution in [0.2, 0.25) is 0 Å². The van der Waals surface area contributed by atoms with Crippen molar-refractivity contribution in [1.82, 2.24) is 4.31 Å². The molecule has 0 saturated carbocycles. The van der Waals surface area contributed by atoms with Gasteiger partial charge in [-0.15, -0.1) is 0 Å². The van der Waals surface area contributed by atoms with Gasteiger partial charge < -0.3 is 10.4 Å². The lowest BCUT2D eigenvalue weighted by atomic mass is 10.3. The molecule has 0 spiro atoms. The Kier molecular flexibility index (Phi) is 6.98. The van der Waals surface area contributed by atoms with Crippen LogP contribution in [0.25, 0.3) is 0 Å². The molecule has 0 bridgehead atoms. The van der Waals surface area contributed by atoms with E-state index in [0.717, 1.165) is 13.0 Å². The summed E-state index contributed by atoms with van der Waals surface area (Å²) >= 11 is 0. The highest BCUT2D eigenvalue weighted by molar-refractivity contribution is 7.89. The Hall–Kier alpha value is -1.11. The topological polar surface area (TPSA) is 69.6 Å². The van der Waals surface area contributed by atoms with Gasteiger partial charge in [0, 0.05) is 26.2 Å². The molecule has 114 valence electrons. The van der Waals surface area contributed by atoms with Gasteiger partial charge in [-0.2, -0.15) is 4.31 Å². The average Bonchev–Trinajstić information content (AvgIpc) is 2.46. The Balaban J connectivity index is 3.06. The fourth-order valence-corrected chi connectivity index (χ4v) is 3.59. The summed E-state index contributed by atoms with van der Waals surface area (Å²) in [5.41, 5.74) is 0.636. The number of nitrogens with zero attached hydrogens (tertiary/aromatic N) is 1. The standard InChI is InChI=1S/C14H24N2O3S/c1-3-10-15-13-8-5-6-9-14(13)20(18,19)16(4-2)11-7-12-17/h5-6,8-9,15,17H,3-4,7,10-12H2,1-2H3. The lowest BCUT2D eigenvalue weighted by Gasteiger charge is -2.22. The monoisotopic (exact) mass is 300 g/mol. The quantitative estimate of drug-likeness (QED) is 0.731. The van der Waals surface area contributed by atoms with E-state index in [-0.39, 0.29) is 6.61 Å². The number of aliphatic hydroxyl groups is 1. The van der Waals surface area contributed by atoms with Crippen molar-refractivity contribution in [1.29, 1.82) is 0 Å². The molecule has 0 saturated heterocycles. The first kappa shape index (κ1) is 16.9. The molecule has 0 aliphatic heterocycles. The molecule has 0 radical (unpaired) electrons. The maximum absolute atomic E-state index is 12.7. The van der Waals surface area contributed by atoms with Crippen LogP contribution >= 0.6 is 0 Å². The van der Waals surface area contributed by atoms with E-state index < -0.39 is 10.0 Å². The van der Waals surface area contributed by atoms with E-state index in [2.05, 4.69) is 5.32 Å². The third-order valence-corrected chi connectivity index (χ3v) is 5.02. The average molecular weight is 300 g/mol. The van der Waals surface area contributed by atoms with E-state index in [1.165, 1.54) is 4.31 Å². The maximum atomic E-state index is 12.7. The number of para-hydroxylation sites is 1. The van der Waals surface area contributed by atoms with E-state index in [9.17, 15) is 8.42 Å². The Bertz CT molecular complexity index is 503. The molecule has 0 heterocycles. The lowest BCUT2D eigenvalue weighted by molar-refractivity contribution is 0.271. The largest absolute Gasteiger partial charge is 0.396 e. The number of rotatable bonds is 9. The van der Waals surface area contributed by atoms with Crippen molar-refractivity contribution in [3.05, 3.63) is 24.3 Å². The van der Waals surface area contributed by atoms with Gasteiger partial charge in [-0.1, -0.05) is 26.0 Å². The van der Waals surface area contributed by atoms with Crippen LogP contribution in [0, 0.1) is 0 Å². The molecule has 0 fully saturated rings.